The normalized spacial score (nSPS) is 14.3. The van der Waals surface area contributed by atoms with Gasteiger partial charge in [-0.2, -0.15) is 0 Å². The Morgan fingerprint density at radius 2 is 1.95 bits per heavy atom. The van der Waals surface area contributed by atoms with Crippen LogP contribution in [0.15, 0.2) is 24.3 Å². The Morgan fingerprint density at radius 3 is 2.55 bits per heavy atom. The quantitative estimate of drug-likeness (QED) is 0.729. The second-order valence-electron chi connectivity index (χ2n) is 5.55. The van der Waals surface area contributed by atoms with Crippen molar-refractivity contribution in [2.45, 2.75) is 52.7 Å². The van der Waals surface area contributed by atoms with Crippen LogP contribution in [0, 0.1) is 12.8 Å². The van der Waals surface area contributed by atoms with E-state index in [-0.39, 0.29) is 0 Å². The SMILES string of the molecule is CCC(CC)C(C)NCC(O)COc1cccc(C)c1. The number of aliphatic hydroxyl groups is 1. The van der Waals surface area contributed by atoms with Crippen molar-refractivity contribution in [2.24, 2.45) is 5.92 Å². The molecule has 2 unspecified atom stereocenters. The summed E-state index contributed by atoms with van der Waals surface area (Å²) in [6, 6.07) is 8.32. The molecule has 0 aliphatic carbocycles. The van der Waals surface area contributed by atoms with Gasteiger partial charge in [0.1, 0.15) is 18.5 Å². The molecule has 0 aliphatic heterocycles. The van der Waals surface area contributed by atoms with E-state index in [0.29, 0.717) is 25.1 Å². The lowest BCUT2D eigenvalue weighted by Gasteiger charge is -2.24. The summed E-state index contributed by atoms with van der Waals surface area (Å²) < 4.78 is 5.60. The molecule has 1 aromatic carbocycles. The van der Waals surface area contributed by atoms with Crippen LogP contribution in [0.25, 0.3) is 0 Å². The molecule has 0 saturated heterocycles. The van der Waals surface area contributed by atoms with Gasteiger partial charge in [-0.1, -0.05) is 38.8 Å². The van der Waals surface area contributed by atoms with Crippen LogP contribution >= 0.6 is 0 Å². The molecule has 0 saturated carbocycles. The fourth-order valence-corrected chi connectivity index (χ4v) is 2.44. The number of ether oxygens (including phenoxy) is 1. The highest BCUT2D eigenvalue weighted by Crippen LogP contribution is 2.13. The molecule has 0 heterocycles. The Hall–Kier alpha value is -1.06. The molecule has 0 spiro atoms. The minimum absolute atomic E-state index is 0.325. The molecular weight excluding hydrogens is 250 g/mol. The molecule has 2 atom stereocenters. The highest BCUT2D eigenvalue weighted by atomic mass is 16.5. The van der Waals surface area contributed by atoms with Crippen LogP contribution in [0.3, 0.4) is 0 Å². The van der Waals surface area contributed by atoms with Crippen molar-refractivity contribution in [3.8, 4) is 5.75 Å². The number of rotatable bonds is 9. The predicted octanol–water partition coefficient (Wildman–Crippen LogP) is 3.15. The average molecular weight is 279 g/mol. The van der Waals surface area contributed by atoms with Gasteiger partial charge in [-0.15, -0.1) is 0 Å². The zero-order valence-corrected chi connectivity index (χ0v) is 13.2. The molecule has 114 valence electrons. The molecule has 3 heteroatoms. The van der Waals surface area contributed by atoms with Gasteiger partial charge >= 0.3 is 0 Å². The van der Waals surface area contributed by atoms with Crippen molar-refractivity contribution in [3.05, 3.63) is 29.8 Å². The topological polar surface area (TPSA) is 41.5 Å². The maximum Gasteiger partial charge on any atom is 0.119 e. The summed E-state index contributed by atoms with van der Waals surface area (Å²) in [7, 11) is 0. The molecule has 2 N–H and O–H groups in total. The molecule has 0 aromatic heterocycles. The first-order valence-corrected chi connectivity index (χ1v) is 7.67. The molecule has 0 aliphatic rings. The molecule has 0 bridgehead atoms. The Labute approximate surface area is 123 Å². The second kappa shape index (κ2) is 8.98. The summed E-state index contributed by atoms with van der Waals surface area (Å²) in [5.74, 6) is 1.48. The van der Waals surface area contributed by atoms with Crippen molar-refractivity contribution >= 4 is 0 Å². The molecule has 1 aromatic rings. The Morgan fingerprint density at radius 1 is 1.25 bits per heavy atom. The minimum Gasteiger partial charge on any atom is -0.491 e. The van der Waals surface area contributed by atoms with Gasteiger partial charge in [0.25, 0.3) is 0 Å². The van der Waals surface area contributed by atoms with Crippen LogP contribution in [0.4, 0.5) is 0 Å². The van der Waals surface area contributed by atoms with Crippen molar-refractivity contribution in [1.29, 1.82) is 0 Å². The zero-order chi connectivity index (χ0) is 15.0. The van der Waals surface area contributed by atoms with Gasteiger partial charge in [-0.25, -0.2) is 0 Å². The molecule has 20 heavy (non-hydrogen) atoms. The molecule has 0 radical (unpaired) electrons. The number of aliphatic hydroxyl groups excluding tert-OH is 1. The van der Waals surface area contributed by atoms with Gasteiger partial charge < -0.3 is 15.2 Å². The third-order valence-corrected chi connectivity index (χ3v) is 3.86. The molecule has 0 amide bonds. The Kier molecular flexibility index (Phi) is 7.63. The first-order valence-electron chi connectivity index (χ1n) is 7.67. The lowest BCUT2D eigenvalue weighted by molar-refractivity contribution is 0.101. The van der Waals surface area contributed by atoms with E-state index in [2.05, 4.69) is 26.1 Å². The fourth-order valence-electron chi connectivity index (χ4n) is 2.44. The highest BCUT2D eigenvalue weighted by molar-refractivity contribution is 5.27. The lowest BCUT2D eigenvalue weighted by atomic mass is 9.95. The molecule has 1 rings (SSSR count). The van der Waals surface area contributed by atoms with Gasteiger partial charge in [0.15, 0.2) is 0 Å². The van der Waals surface area contributed by atoms with Crippen molar-refractivity contribution in [2.75, 3.05) is 13.2 Å². The summed E-state index contributed by atoms with van der Waals surface area (Å²) in [6.45, 7) is 9.54. The maximum absolute atomic E-state index is 9.97. The number of benzene rings is 1. The van der Waals surface area contributed by atoms with Crippen LogP contribution in [0.2, 0.25) is 0 Å². The monoisotopic (exact) mass is 279 g/mol. The van der Waals surface area contributed by atoms with Crippen LogP contribution in [0.5, 0.6) is 5.75 Å². The van der Waals surface area contributed by atoms with Crippen LogP contribution in [0.1, 0.15) is 39.2 Å². The highest BCUT2D eigenvalue weighted by Gasteiger charge is 2.14. The number of hydrogen-bond acceptors (Lipinski definition) is 3. The summed E-state index contributed by atoms with van der Waals surface area (Å²) in [4.78, 5) is 0. The van der Waals surface area contributed by atoms with Crippen molar-refractivity contribution < 1.29 is 9.84 Å². The van der Waals surface area contributed by atoms with Crippen molar-refractivity contribution in [1.82, 2.24) is 5.32 Å². The van der Waals surface area contributed by atoms with Gasteiger partial charge in [0.2, 0.25) is 0 Å². The Bertz CT molecular complexity index is 377. The maximum atomic E-state index is 9.97. The lowest BCUT2D eigenvalue weighted by Crippen LogP contribution is -2.40. The van der Waals surface area contributed by atoms with E-state index in [1.807, 2.05) is 31.2 Å². The first-order chi connectivity index (χ1) is 9.56. The minimum atomic E-state index is -0.479. The van der Waals surface area contributed by atoms with Gasteiger partial charge in [0, 0.05) is 12.6 Å². The predicted molar refractivity (Wildman–Crippen MR) is 84.2 cm³/mol. The standard InChI is InChI=1S/C17H29NO2/c1-5-15(6-2)14(4)18-11-16(19)12-20-17-9-7-8-13(3)10-17/h7-10,14-16,18-19H,5-6,11-12H2,1-4H3. The van der Waals surface area contributed by atoms with Crippen LogP contribution < -0.4 is 10.1 Å². The van der Waals surface area contributed by atoms with E-state index in [0.717, 1.165) is 11.3 Å². The summed E-state index contributed by atoms with van der Waals surface area (Å²) in [6.07, 6.45) is 1.86. The number of hydrogen-bond donors (Lipinski definition) is 2. The summed E-state index contributed by atoms with van der Waals surface area (Å²) in [5, 5.41) is 13.4. The second-order valence-corrected chi connectivity index (χ2v) is 5.55. The van der Waals surface area contributed by atoms with E-state index in [9.17, 15) is 5.11 Å². The largest absolute Gasteiger partial charge is 0.491 e. The zero-order valence-electron chi connectivity index (χ0n) is 13.2. The third kappa shape index (κ3) is 5.93. The average Bonchev–Trinajstić information content (AvgIpc) is 2.44. The van der Waals surface area contributed by atoms with Gasteiger partial charge in [-0.05, 0) is 37.5 Å². The van der Waals surface area contributed by atoms with Crippen LogP contribution in [-0.4, -0.2) is 30.4 Å². The first kappa shape index (κ1) is 17.0. The van der Waals surface area contributed by atoms with Crippen molar-refractivity contribution in [3.63, 3.8) is 0 Å². The number of aryl methyl sites for hydroxylation is 1. The van der Waals surface area contributed by atoms with E-state index in [1.165, 1.54) is 12.8 Å². The third-order valence-electron chi connectivity index (χ3n) is 3.86. The summed E-state index contributed by atoms with van der Waals surface area (Å²) >= 11 is 0. The molecule has 3 nitrogen and oxygen atoms in total. The fraction of sp³-hybridized carbons (Fsp3) is 0.647. The van der Waals surface area contributed by atoms with Gasteiger partial charge in [0.05, 0.1) is 0 Å². The number of nitrogens with one attached hydrogen (secondary N) is 1. The van der Waals surface area contributed by atoms with E-state index in [4.69, 9.17) is 4.74 Å². The van der Waals surface area contributed by atoms with E-state index >= 15 is 0 Å². The smallest absolute Gasteiger partial charge is 0.119 e. The molecular formula is C17H29NO2. The molecule has 0 fully saturated rings. The Balaban J connectivity index is 2.28. The van der Waals surface area contributed by atoms with E-state index < -0.39 is 6.10 Å². The van der Waals surface area contributed by atoms with Crippen LogP contribution in [-0.2, 0) is 0 Å². The van der Waals surface area contributed by atoms with Gasteiger partial charge in [-0.3, -0.25) is 0 Å². The van der Waals surface area contributed by atoms with E-state index in [1.54, 1.807) is 0 Å². The summed E-state index contributed by atoms with van der Waals surface area (Å²) in [5.41, 5.74) is 1.16.